The third-order valence-corrected chi connectivity index (χ3v) is 4.52. The minimum Gasteiger partial charge on any atom is -0.444 e. The zero-order valence-electron chi connectivity index (χ0n) is 13.2. The molecule has 0 aromatic rings. The highest BCUT2D eigenvalue weighted by Gasteiger charge is 2.61. The van der Waals surface area contributed by atoms with Gasteiger partial charge in [0.1, 0.15) is 5.60 Å². The van der Waals surface area contributed by atoms with Crippen LogP contribution in [0.1, 0.15) is 41.0 Å². The SMILES string of the molecule is CC(C)(C)OC(=O)NC[C@@H]1CCOC1[C@@H]1[C@@H](N)C1(C)C. The molecule has 1 saturated carbocycles. The molecule has 5 heteroatoms. The van der Waals surface area contributed by atoms with Crippen molar-refractivity contribution in [1.29, 1.82) is 0 Å². The van der Waals surface area contributed by atoms with Gasteiger partial charge in [-0.3, -0.25) is 0 Å². The van der Waals surface area contributed by atoms with E-state index in [9.17, 15) is 4.79 Å². The van der Waals surface area contributed by atoms with Crippen molar-refractivity contribution in [2.75, 3.05) is 13.2 Å². The van der Waals surface area contributed by atoms with E-state index >= 15 is 0 Å². The summed E-state index contributed by atoms with van der Waals surface area (Å²) in [6.45, 7) is 11.3. The minimum absolute atomic E-state index is 0.152. The summed E-state index contributed by atoms with van der Waals surface area (Å²) in [5.74, 6) is 0.732. The fraction of sp³-hybridized carbons (Fsp3) is 0.933. The molecule has 2 aliphatic rings. The Balaban J connectivity index is 1.82. The van der Waals surface area contributed by atoms with E-state index in [-0.39, 0.29) is 23.7 Å². The average molecular weight is 284 g/mol. The topological polar surface area (TPSA) is 73.6 Å². The fourth-order valence-electron chi connectivity index (χ4n) is 3.15. The fourth-order valence-corrected chi connectivity index (χ4v) is 3.15. The van der Waals surface area contributed by atoms with Crippen LogP contribution < -0.4 is 11.1 Å². The average Bonchev–Trinajstić information content (AvgIpc) is 2.65. The molecule has 0 bridgehead atoms. The van der Waals surface area contributed by atoms with Crippen LogP contribution in [0.3, 0.4) is 0 Å². The summed E-state index contributed by atoms with van der Waals surface area (Å²) >= 11 is 0. The summed E-state index contributed by atoms with van der Waals surface area (Å²) in [5, 5.41) is 2.85. The van der Waals surface area contributed by atoms with Crippen molar-refractivity contribution >= 4 is 6.09 Å². The number of ether oxygens (including phenoxy) is 2. The van der Waals surface area contributed by atoms with Gasteiger partial charge in [-0.1, -0.05) is 13.8 Å². The summed E-state index contributed by atoms with van der Waals surface area (Å²) in [5.41, 5.74) is 5.82. The number of alkyl carbamates (subject to hydrolysis) is 1. The maximum atomic E-state index is 11.7. The monoisotopic (exact) mass is 284 g/mol. The molecular formula is C15H28N2O3. The first-order valence-electron chi connectivity index (χ1n) is 7.47. The number of hydrogen-bond donors (Lipinski definition) is 2. The Bertz CT molecular complexity index is 376. The second kappa shape index (κ2) is 5.19. The summed E-state index contributed by atoms with van der Waals surface area (Å²) in [4.78, 5) is 11.7. The van der Waals surface area contributed by atoms with E-state index in [1.165, 1.54) is 0 Å². The van der Waals surface area contributed by atoms with E-state index in [0.717, 1.165) is 13.0 Å². The Labute approximate surface area is 121 Å². The third kappa shape index (κ3) is 3.26. The standard InChI is InChI=1S/C15H28N2O3/c1-14(2,3)20-13(18)17-8-9-6-7-19-11(9)10-12(16)15(10,4)5/h9-12H,6-8,16H2,1-5H3,(H,17,18)/t9-,10+,11?,12+/m0/s1. The normalized spacial score (nSPS) is 35.7. The second-order valence-electron chi connectivity index (χ2n) is 7.64. The number of nitrogens with two attached hydrogens (primary N) is 1. The number of carbonyl (C=O) groups excluding carboxylic acids is 1. The van der Waals surface area contributed by atoms with E-state index < -0.39 is 5.60 Å². The lowest BCUT2D eigenvalue weighted by molar-refractivity contribution is 0.0459. The third-order valence-electron chi connectivity index (χ3n) is 4.52. The molecule has 4 atom stereocenters. The summed E-state index contributed by atoms with van der Waals surface area (Å²) in [6.07, 6.45) is 0.775. The van der Waals surface area contributed by atoms with Crippen molar-refractivity contribution in [2.45, 2.75) is 58.8 Å². The largest absolute Gasteiger partial charge is 0.444 e. The molecule has 0 spiro atoms. The molecule has 3 N–H and O–H groups in total. The molecular weight excluding hydrogens is 256 g/mol. The van der Waals surface area contributed by atoms with Crippen molar-refractivity contribution in [2.24, 2.45) is 23.0 Å². The van der Waals surface area contributed by atoms with Crippen LogP contribution in [0.2, 0.25) is 0 Å². The molecule has 1 unspecified atom stereocenters. The van der Waals surface area contributed by atoms with Crippen molar-refractivity contribution in [3.05, 3.63) is 0 Å². The quantitative estimate of drug-likeness (QED) is 0.830. The molecule has 1 heterocycles. The molecule has 116 valence electrons. The highest BCUT2D eigenvalue weighted by Crippen LogP contribution is 2.55. The zero-order chi connectivity index (χ0) is 15.1. The van der Waals surface area contributed by atoms with Crippen LogP contribution >= 0.6 is 0 Å². The second-order valence-corrected chi connectivity index (χ2v) is 7.64. The van der Waals surface area contributed by atoms with Crippen LogP contribution in [0.15, 0.2) is 0 Å². The molecule has 0 aromatic heterocycles. The molecule has 2 fully saturated rings. The lowest BCUT2D eigenvalue weighted by Crippen LogP contribution is -2.38. The van der Waals surface area contributed by atoms with E-state index in [1.54, 1.807) is 0 Å². The first-order chi connectivity index (χ1) is 9.13. The van der Waals surface area contributed by atoms with Gasteiger partial charge in [0.05, 0.1) is 6.10 Å². The Morgan fingerprint density at radius 1 is 1.45 bits per heavy atom. The Kier molecular flexibility index (Phi) is 4.04. The predicted molar refractivity (Wildman–Crippen MR) is 77.3 cm³/mol. The summed E-state index contributed by atoms with van der Waals surface area (Å²) < 4.78 is 11.1. The van der Waals surface area contributed by atoms with Gasteiger partial charge in [-0.15, -0.1) is 0 Å². The van der Waals surface area contributed by atoms with E-state index in [1.807, 2.05) is 20.8 Å². The van der Waals surface area contributed by atoms with E-state index in [2.05, 4.69) is 19.2 Å². The van der Waals surface area contributed by atoms with Crippen LogP contribution in [0.4, 0.5) is 4.79 Å². The highest BCUT2D eigenvalue weighted by atomic mass is 16.6. The van der Waals surface area contributed by atoms with Crippen LogP contribution in [-0.4, -0.2) is 37.0 Å². The van der Waals surface area contributed by atoms with Crippen LogP contribution in [0.5, 0.6) is 0 Å². The molecule has 1 aliphatic carbocycles. The van der Waals surface area contributed by atoms with Crippen molar-refractivity contribution < 1.29 is 14.3 Å². The Morgan fingerprint density at radius 3 is 2.55 bits per heavy atom. The van der Waals surface area contributed by atoms with Crippen LogP contribution in [-0.2, 0) is 9.47 Å². The van der Waals surface area contributed by atoms with Gasteiger partial charge in [-0.25, -0.2) is 4.79 Å². The molecule has 1 aliphatic heterocycles. The maximum Gasteiger partial charge on any atom is 0.407 e. The van der Waals surface area contributed by atoms with Gasteiger partial charge in [0.2, 0.25) is 0 Å². The molecule has 0 aromatic carbocycles. The zero-order valence-corrected chi connectivity index (χ0v) is 13.2. The number of hydrogen-bond acceptors (Lipinski definition) is 4. The Hall–Kier alpha value is -0.810. The predicted octanol–water partition coefficient (Wildman–Crippen LogP) is 1.90. The van der Waals surface area contributed by atoms with Crippen molar-refractivity contribution in [1.82, 2.24) is 5.32 Å². The van der Waals surface area contributed by atoms with E-state index in [4.69, 9.17) is 15.2 Å². The first-order valence-corrected chi connectivity index (χ1v) is 7.47. The van der Waals surface area contributed by atoms with Gasteiger partial charge in [0, 0.05) is 31.0 Å². The van der Waals surface area contributed by atoms with Crippen LogP contribution in [0.25, 0.3) is 0 Å². The highest BCUT2D eigenvalue weighted by molar-refractivity contribution is 5.67. The molecule has 0 radical (unpaired) electrons. The van der Waals surface area contributed by atoms with Gasteiger partial charge in [-0.05, 0) is 32.6 Å². The summed E-state index contributed by atoms with van der Waals surface area (Å²) in [6, 6.07) is 0.203. The molecule has 20 heavy (non-hydrogen) atoms. The van der Waals surface area contributed by atoms with E-state index in [0.29, 0.717) is 18.4 Å². The number of rotatable bonds is 3. The number of carbonyl (C=O) groups is 1. The minimum atomic E-state index is -0.462. The first kappa shape index (κ1) is 15.6. The van der Waals surface area contributed by atoms with Gasteiger partial charge in [0.25, 0.3) is 0 Å². The molecule has 1 amide bonds. The van der Waals surface area contributed by atoms with Gasteiger partial charge >= 0.3 is 6.09 Å². The van der Waals surface area contributed by atoms with Gasteiger partial charge in [0.15, 0.2) is 0 Å². The Morgan fingerprint density at radius 2 is 2.05 bits per heavy atom. The number of amides is 1. The maximum absolute atomic E-state index is 11.7. The van der Waals surface area contributed by atoms with Crippen molar-refractivity contribution in [3.63, 3.8) is 0 Å². The van der Waals surface area contributed by atoms with Crippen LogP contribution in [0, 0.1) is 17.3 Å². The molecule has 2 rings (SSSR count). The van der Waals surface area contributed by atoms with Crippen molar-refractivity contribution in [3.8, 4) is 0 Å². The van der Waals surface area contributed by atoms with Gasteiger partial charge in [-0.2, -0.15) is 0 Å². The number of nitrogens with one attached hydrogen (secondary N) is 1. The lowest BCUT2D eigenvalue weighted by Gasteiger charge is -2.23. The smallest absolute Gasteiger partial charge is 0.407 e. The summed E-state index contributed by atoms with van der Waals surface area (Å²) in [7, 11) is 0. The molecule has 1 saturated heterocycles. The lowest BCUT2D eigenvalue weighted by atomic mass is 9.94. The van der Waals surface area contributed by atoms with Gasteiger partial charge < -0.3 is 20.5 Å². The molecule has 5 nitrogen and oxygen atoms in total.